The number of anilines is 6. The van der Waals surface area contributed by atoms with Crippen LogP contribution < -0.4 is 28.7 Å². The van der Waals surface area contributed by atoms with Crippen molar-refractivity contribution in [2.45, 2.75) is 160 Å². The molecule has 2 atom stereocenters. The van der Waals surface area contributed by atoms with Gasteiger partial charge in [-0.2, -0.15) is 0 Å². The van der Waals surface area contributed by atoms with Gasteiger partial charge in [-0.05, 0) is 254 Å². The first kappa shape index (κ1) is 102. The SMILES string of the molecule is CCOP(=O)(Cc1cc(OCCC(C)CCCC(C)C)c(CP(=O)(OCC)OCC)cc1OC)OCC.CCc1ccc(-c2ccc(N(c3ccc(C=Cc4ccccc4)cc3)c3ccc(C=Cc4cc(OCCC(C)CCCC(C)C)c(C=Cc5ccccc5)cc4OC)cc3)cc2)cc1.CCc1ccc(-c2ccc(N(c3ccc(C=O)cc3)c3ccc(C=O)cc3)cc2)cc1. The average molecular weight is 1810 g/mol. The smallest absolute Gasteiger partial charge is 0.335 e. The summed E-state index contributed by atoms with van der Waals surface area (Å²) in [5.74, 6) is 5.28. The summed E-state index contributed by atoms with van der Waals surface area (Å²) in [6.07, 6.45) is 25.9. The zero-order valence-corrected chi connectivity index (χ0v) is 81.7. The zero-order valence-electron chi connectivity index (χ0n) is 79.9. The van der Waals surface area contributed by atoms with Gasteiger partial charge >= 0.3 is 15.2 Å². The molecule has 0 aliphatic rings. The fraction of sp³-hybridized carbons (Fsp3) is 0.310. The lowest BCUT2D eigenvalue weighted by Gasteiger charge is -2.26. The Morgan fingerprint density at radius 1 is 0.303 bits per heavy atom. The highest BCUT2D eigenvalue weighted by atomic mass is 31.2. The molecule has 12 aromatic carbocycles. The van der Waals surface area contributed by atoms with Crippen molar-refractivity contribution in [3.8, 4) is 45.3 Å². The van der Waals surface area contributed by atoms with Gasteiger partial charge in [-0.3, -0.25) is 18.7 Å². The first-order valence-electron chi connectivity index (χ1n) is 47.0. The van der Waals surface area contributed by atoms with Crippen LogP contribution in [0, 0.1) is 23.7 Å². The van der Waals surface area contributed by atoms with Gasteiger partial charge in [0, 0.05) is 67.5 Å². The minimum absolute atomic E-state index is 0.0364. The Kier molecular flexibility index (Phi) is 41.7. The molecule has 12 rings (SSSR count). The number of benzene rings is 12. The highest BCUT2D eigenvalue weighted by molar-refractivity contribution is 7.53. The number of hydrogen-bond acceptors (Lipinski definition) is 14. The van der Waals surface area contributed by atoms with Crippen LogP contribution in [-0.4, -0.2) is 66.4 Å². The fourth-order valence-electron chi connectivity index (χ4n) is 15.5. The lowest BCUT2D eigenvalue weighted by Crippen LogP contribution is -2.10. The third kappa shape index (κ3) is 32.1. The lowest BCUT2D eigenvalue weighted by molar-refractivity contribution is 0.111. The number of carbonyl (C=O) groups is 2. The van der Waals surface area contributed by atoms with Crippen molar-refractivity contribution in [1.82, 2.24) is 0 Å². The Hall–Kier alpha value is -11.7. The van der Waals surface area contributed by atoms with Crippen LogP contribution in [0.2, 0.25) is 0 Å². The molecule has 12 aromatic rings. The maximum absolute atomic E-state index is 13.3. The highest BCUT2D eigenvalue weighted by Gasteiger charge is 2.31. The molecular formula is C116H136N2O12P2. The van der Waals surface area contributed by atoms with Gasteiger partial charge in [-0.25, -0.2) is 0 Å². The average Bonchev–Trinajstić information content (AvgIpc) is 0.811. The number of rotatable bonds is 48. The van der Waals surface area contributed by atoms with Crippen molar-refractivity contribution < 1.29 is 55.8 Å². The van der Waals surface area contributed by atoms with E-state index < -0.39 is 15.2 Å². The topological polar surface area (TPSA) is 149 Å². The van der Waals surface area contributed by atoms with Crippen molar-refractivity contribution in [2.24, 2.45) is 23.7 Å². The van der Waals surface area contributed by atoms with Crippen LogP contribution in [0.4, 0.5) is 34.1 Å². The predicted molar refractivity (Wildman–Crippen MR) is 553 cm³/mol. The molecule has 0 saturated heterocycles. The van der Waals surface area contributed by atoms with E-state index >= 15 is 0 Å². The van der Waals surface area contributed by atoms with Crippen LogP contribution in [0.15, 0.2) is 279 Å². The summed E-state index contributed by atoms with van der Waals surface area (Å²) in [4.78, 5) is 26.6. The summed E-state index contributed by atoms with van der Waals surface area (Å²) in [5.41, 5.74) is 22.6. The van der Waals surface area contributed by atoms with E-state index in [9.17, 15) is 18.7 Å². The molecule has 0 heterocycles. The number of hydrogen-bond donors (Lipinski definition) is 0. The molecule has 0 fully saturated rings. The van der Waals surface area contributed by atoms with E-state index in [0.717, 1.165) is 130 Å². The number of carbonyl (C=O) groups excluding carboxylic acids is 2. The largest absolute Gasteiger partial charge is 0.496 e. The molecule has 0 aromatic heterocycles. The number of aryl methyl sites for hydroxylation is 2. The highest BCUT2D eigenvalue weighted by Crippen LogP contribution is 2.56. The van der Waals surface area contributed by atoms with E-state index in [0.29, 0.717) is 64.7 Å². The molecule has 0 radical (unpaired) electrons. The van der Waals surface area contributed by atoms with E-state index in [4.69, 9.17) is 37.0 Å². The molecule has 0 bridgehead atoms. The van der Waals surface area contributed by atoms with Crippen LogP contribution in [0.1, 0.15) is 211 Å². The third-order valence-corrected chi connectivity index (χ3v) is 27.1. The Labute approximate surface area is 787 Å². The van der Waals surface area contributed by atoms with Crippen LogP contribution in [0.5, 0.6) is 23.0 Å². The molecule has 14 nitrogen and oxygen atoms in total. The fourth-order valence-corrected chi connectivity index (χ4v) is 19.0. The molecule has 0 amide bonds. The van der Waals surface area contributed by atoms with Crippen molar-refractivity contribution in [3.05, 3.63) is 346 Å². The standard InChI is InChI=1S/C61H63NO2.C28H23NO2.C27H50O8P2/c1-6-48-22-30-53(31-23-48)54-34-40-59(41-35-54)62(57-36-26-51(27-37-57)21-20-49-16-9-7-10-17-49)58-38-28-52(29-39-58)25-32-55-45-61(64-43-42-47(4)15-13-14-46(2)3)56(44-60(55)63-5)33-24-50-18-11-8-12-19-50;1-2-21-3-9-24(10-4-21)25-11-17-28(18-12-25)29(26-13-5-22(19-30)6-14-26)27-15-7-23(20-31)8-16-27;1-9-32-36(28,33-10-2)20-24-19-27(31-17-16-23(7)15-13-14-22(5)6)25(18-26(24)30-8)21-37(29,34-11-3)35-12-4/h7-12,16-41,44-47H,6,13-15,42-43H2,1-5H3;3-20H,2H2,1H3;18-19,22-23H,9-17,20-21H2,1-8H3. The second-order valence-corrected chi connectivity index (χ2v) is 38.1. The summed E-state index contributed by atoms with van der Waals surface area (Å²) in [6.45, 7) is 27.4. The molecule has 0 aliphatic carbocycles. The second kappa shape index (κ2) is 53.7. The van der Waals surface area contributed by atoms with Gasteiger partial charge in [0.15, 0.2) is 0 Å². The molecule has 692 valence electrons. The molecular weight excluding hydrogens is 1680 g/mol. The van der Waals surface area contributed by atoms with Crippen LogP contribution in [-0.2, 0) is 52.4 Å². The first-order chi connectivity index (χ1) is 64.1. The second-order valence-electron chi connectivity index (χ2n) is 34.0. The molecule has 2 unspecified atom stereocenters. The maximum Gasteiger partial charge on any atom is 0.335 e. The molecule has 0 N–H and O–H groups in total. The monoisotopic (exact) mass is 1810 g/mol. The van der Waals surface area contributed by atoms with Gasteiger partial charge in [0.2, 0.25) is 0 Å². The van der Waals surface area contributed by atoms with Gasteiger partial charge in [0.1, 0.15) is 35.6 Å². The minimum Gasteiger partial charge on any atom is -0.496 e. The predicted octanol–water partition coefficient (Wildman–Crippen LogP) is 32.6. The molecule has 0 saturated carbocycles. The Morgan fingerprint density at radius 2 is 0.591 bits per heavy atom. The summed E-state index contributed by atoms with van der Waals surface area (Å²) in [7, 11) is -3.49. The normalized spacial score (nSPS) is 12.0. The number of nitrogens with zero attached hydrogens (tertiary/aromatic N) is 2. The number of methoxy groups -OCH3 is 2. The summed E-state index contributed by atoms with van der Waals surface area (Å²) < 4.78 is 73.1. The lowest BCUT2D eigenvalue weighted by atomic mass is 9.97. The van der Waals surface area contributed by atoms with Gasteiger partial charge in [-0.15, -0.1) is 0 Å². The van der Waals surface area contributed by atoms with E-state index in [1.54, 1.807) is 78.3 Å². The summed E-state index contributed by atoms with van der Waals surface area (Å²) in [6, 6.07) is 95.9. The van der Waals surface area contributed by atoms with Gasteiger partial charge in [0.25, 0.3) is 0 Å². The third-order valence-electron chi connectivity index (χ3n) is 23.0. The summed E-state index contributed by atoms with van der Waals surface area (Å²) >= 11 is 0. The van der Waals surface area contributed by atoms with Crippen molar-refractivity contribution in [1.29, 1.82) is 0 Å². The first-order valence-corrected chi connectivity index (χ1v) is 50.4. The van der Waals surface area contributed by atoms with E-state index in [-0.39, 0.29) is 38.8 Å². The van der Waals surface area contributed by atoms with E-state index in [1.807, 2.05) is 36.4 Å². The van der Waals surface area contributed by atoms with Crippen molar-refractivity contribution >= 4 is 98.3 Å². The Balaban J connectivity index is 0.000000225. The summed E-state index contributed by atoms with van der Waals surface area (Å²) in [5, 5.41) is 0. The maximum atomic E-state index is 13.3. The Morgan fingerprint density at radius 3 is 0.917 bits per heavy atom. The quantitative estimate of drug-likeness (QED) is 0.0202. The Bertz CT molecular complexity index is 5580. The zero-order chi connectivity index (χ0) is 94.0. The van der Waals surface area contributed by atoms with Crippen LogP contribution >= 0.6 is 15.2 Å². The van der Waals surface area contributed by atoms with Crippen molar-refractivity contribution in [2.75, 3.05) is 63.7 Å². The molecule has 0 aliphatic heterocycles. The van der Waals surface area contributed by atoms with Gasteiger partial charge < -0.3 is 46.8 Å². The minimum atomic E-state index is -3.39. The number of ether oxygens (including phenoxy) is 4. The number of aldehydes is 2. The molecule has 16 heteroatoms. The van der Waals surface area contributed by atoms with Crippen LogP contribution in [0.25, 0.3) is 58.7 Å². The van der Waals surface area contributed by atoms with Crippen molar-refractivity contribution in [3.63, 3.8) is 0 Å². The van der Waals surface area contributed by atoms with Gasteiger partial charge in [0.05, 0.1) is 66.2 Å². The van der Waals surface area contributed by atoms with E-state index in [2.05, 4.69) is 308 Å². The molecule has 132 heavy (non-hydrogen) atoms. The van der Waals surface area contributed by atoms with Crippen LogP contribution in [0.3, 0.4) is 0 Å². The molecule has 0 spiro atoms. The van der Waals surface area contributed by atoms with E-state index in [1.165, 1.54) is 65.5 Å². The van der Waals surface area contributed by atoms with Gasteiger partial charge in [-0.1, -0.05) is 288 Å².